The number of hydrogen-bond acceptors (Lipinski definition) is 4. The van der Waals surface area contributed by atoms with E-state index in [2.05, 4.69) is 10.3 Å². The first-order valence-electron chi connectivity index (χ1n) is 10.1. The molecular weight excluding hydrogens is 390 g/mol. The summed E-state index contributed by atoms with van der Waals surface area (Å²) in [4.78, 5) is 17.2. The second-order valence-electron chi connectivity index (χ2n) is 7.41. The average Bonchev–Trinajstić information content (AvgIpc) is 3.19. The van der Waals surface area contributed by atoms with Crippen LogP contribution in [0.2, 0.25) is 0 Å². The monoisotopic (exact) mass is 415 g/mol. The molecular formula is C25H25N3O3. The van der Waals surface area contributed by atoms with Crippen LogP contribution in [0.3, 0.4) is 0 Å². The minimum absolute atomic E-state index is 0.152. The molecule has 0 saturated heterocycles. The molecule has 4 aromatic rings. The third kappa shape index (κ3) is 5.10. The molecule has 0 unspecified atom stereocenters. The first kappa shape index (κ1) is 20.6. The van der Waals surface area contributed by atoms with Crippen LogP contribution in [0, 0.1) is 6.92 Å². The van der Waals surface area contributed by atoms with Gasteiger partial charge in [0.25, 0.3) is 5.91 Å². The fourth-order valence-electron chi connectivity index (χ4n) is 3.41. The number of nitrogens with zero attached hydrogens (tertiary/aromatic N) is 2. The van der Waals surface area contributed by atoms with E-state index in [1.807, 2.05) is 72.2 Å². The Balaban J connectivity index is 1.38. The van der Waals surface area contributed by atoms with E-state index >= 15 is 0 Å². The van der Waals surface area contributed by atoms with Gasteiger partial charge in [0.1, 0.15) is 18.0 Å². The van der Waals surface area contributed by atoms with Gasteiger partial charge >= 0.3 is 0 Å². The lowest BCUT2D eigenvalue weighted by atomic mass is 10.1. The Hall–Kier alpha value is -3.64. The molecule has 2 aromatic carbocycles. The lowest BCUT2D eigenvalue weighted by molar-refractivity contribution is 0.0950. The fraction of sp³-hybridized carbons (Fsp3) is 0.200. The third-order valence-corrected chi connectivity index (χ3v) is 4.99. The van der Waals surface area contributed by atoms with Gasteiger partial charge in [-0.1, -0.05) is 36.4 Å². The number of hydrogen-bond donors (Lipinski definition) is 1. The van der Waals surface area contributed by atoms with Gasteiger partial charge in [0.05, 0.1) is 12.3 Å². The van der Waals surface area contributed by atoms with Gasteiger partial charge in [0, 0.05) is 31.6 Å². The lowest BCUT2D eigenvalue weighted by Crippen LogP contribution is -2.23. The summed E-state index contributed by atoms with van der Waals surface area (Å²) in [5, 5.41) is 2.97. The number of methoxy groups -OCH3 is 1. The summed E-state index contributed by atoms with van der Waals surface area (Å²) in [7, 11) is 1.66. The molecule has 0 spiro atoms. The molecule has 0 bridgehead atoms. The van der Waals surface area contributed by atoms with E-state index in [9.17, 15) is 4.79 Å². The van der Waals surface area contributed by atoms with Crippen molar-refractivity contribution in [2.24, 2.45) is 0 Å². The fourth-order valence-corrected chi connectivity index (χ4v) is 3.41. The van der Waals surface area contributed by atoms with Gasteiger partial charge in [0.15, 0.2) is 0 Å². The molecule has 0 atom stereocenters. The maximum atomic E-state index is 12.6. The van der Waals surface area contributed by atoms with Crippen molar-refractivity contribution < 1.29 is 14.3 Å². The van der Waals surface area contributed by atoms with Gasteiger partial charge in [-0.05, 0) is 47.9 Å². The van der Waals surface area contributed by atoms with Crippen molar-refractivity contribution in [2.75, 3.05) is 7.11 Å². The number of fused-ring (bicyclic) bond motifs is 1. The molecule has 0 aliphatic carbocycles. The molecule has 0 aliphatic rings. The molecule has 0 aliphatic heterocycles. The van der Waals surface area contributed by atoms with E-state index in [1.165, 1.54) is 5.56 Å². The molecule has 0 fully saturated rings. The third-order valence-electron chi connectivity index (χ3n) is 4.99. The molecule has 6 nitrogen and oxygen atoms in total. The number of ether oxygens (including phenoxy) is 2. The Kier molecular flexibility index (Phi) is 6.29. The average molecular weight is 415 g/mol. The number of imidazole rings is 1. The molecule has 0 saturated carbocycles. The maximum Gasteiger partial charge on any atom is 0.251 e. The Morgan fingerprint density at radius 3 is 2.68 bits per heavy atom. The molecule has 0 radical (unpaired) electrons. The van der Waals surface area contributed by atoms with Crippen molar-refractivity contribution in [1.82, 2.24) is 14.7 Å². The summed E-state index contributed by atoms with van der Waals surface area (Å²) in [6, 6.07) is 19.1. The Bertz CT molecular complexity index is 1200. The molecule has 4 rings (SSSR count). The normalized spacial score (nSPS) is 10.9. The minimum atomic E-state index is -0.152. The van der Waals surface area contributed by atoms with Gasteiger partial charge in [0.2, 0.25) is 0 Å². The van der Waals surface area contributed by atoms with Gasteiger partial charge in [-0.15, -0.1) is 0 Å². The van der Waals surface area contributed by atoms with Gasteiger partial charge in [-0.3, -0.25) is 4.79 Å². The number of aryl methyl sites for hydroxylation is 1. The minimum Gasteiger partial charge on any atom is -0.487 e. The number of rotatable bonds is 8. The number of carbonyl (C=O) groups excluding carboxylic acids is 1. The summed E-state index contributed by atoms with van der Waals surface area (Å²) in [5.74, 6) is 0.474. The zero-order chi connectivity index (χ0) is 21.6. The summed E-state index contributed by atoms with van der Waals surface area (Å²) >= 11 is 0. The summed E-state index contributed by atoms with van der Waals surface area (Å²) < 4.78 is 13.1. The van der Waals surface area contributed by atoms with Crippen molar-refractivity contribution in [3.8, 4) is 5.75 Å². The second-order valence-corrected chi connectivity index (χ2v) is 7.41. The predicted octanol–water partition coefficient (Wildman–Crippen LogP) is 4.30. The van der Waals surface area contributed by atoms with Crippen molar-refractivity contribution in [3.05, 3.63) is 101 Å². The predicted molar refractivity (Wildman–Crippen MR) is 119 cm³/mol. The molecule has 1 N–H and O–H groups in total. The lowest BCUT2D eigenvalue weighted by Gasteiger charge is -2.11. The SMILES string of the molecule is COCc1ccccc1CNC(=O)c1cccc(OCc2cn3cc(C)ccc3n2)c1. The smallest absolute Gasteiger partial charge is 0.251 e. The molecule has 31 heavy (non-hydrogen) atoms. The van der Waals surface area contributed by atoms with E-state index in [0.29, 0.717) is 31.1 Å². The van der Waals surface area contributed by atoms with Crippen LogP contribution in [0.4, 0.5) is 0 Å². The van der Waals surface area contributed by atoms with Crippen LogP contribution >= 0.6 is 0 Å². The quantitative estimate of drug-likeness (QED) is 0.466. The van der Waals surface area contributed by atoms with Crippen molar-refractivity contribution in [2.45, 2.75) is 26.7 Å². The van der Waals surface area contributed by atoms with E-state index in [0.717, 1.165) is 22.5 Å². The zero-order valence-corrected chi connectivity index (χ0v) is 17.7. The van der Waals surface area contributed by atoms with E-state index in [-0.39, 0.29) is 5.91 Å². The largest absolute Gasteiger partial charge is 0.487 e. The van der Waals surface area contributed by atoms with Crippen LogP contribution in [-0.2, 0) is 24.5 Å². The van der Waals surface area contributed by atoms with E-state index in [1.54, 1.807) is 19.2 Å². The van der Waals surface area contributed by atoms with Gasteiger partial charge in [-0.2, -0.15) is 0 Å². The topological polar surface area (TPSA) is 64.9 Å². The molecule has 6 heteroatoms. The van der Waals surface area contributed by atoms with Gasteiger partial charge < -0.3 is 19.2 Å². The number of nitrogens with one attached hydrogen (secondary N) is 1. The highest BCUT2D eigenvalue weighted by Gasteiger charge is 2.09. The number of amides is 1. The number of pyridine rings is 1. The van der Waals surface area contributed by atoms with Crippen LogP contribution in [0.25, 0.3) is 5.65 Å². The highest BCUT2D eigenvalue weighted by molar-refractivity contribution is 5.94. The van der Waals surface area contributed by atoms with Gasteiger partial charge in [-0.25, -0.2) is 4.98 Å². The molecule has 2 aromatic heterocycles. The summed E-state index contributed by atoms with van der Waals surface area (Å²) in [6.07, 6.45) is 3.98. The van der Waals surface area contributed by atoms with E-state index in [4.69, 9.17) is 9.47 Å². The standard InChI is InChI=1S/C25H25N3O3/c1-18-10-11-24-27-22(15-28(24)14-18)17-31-23-9-5-8-19(12-23)25(29)26-13-20-6-3-4-7-21(20)16-30-2/h3-12,14-15H,13,16-17H2,1-2H3,(H,26,29). The molecule has 1 amide bonds. The highest BCUT2D eigenvalue weighted by Crippen LogP contribution is 2.16. The van der Waals surface area contributed by atoms with Crippen LogP contribution in [0.1, 0.15) is 32.7 Å². The van der Waals surface area contributed by atoms with Crippen LogP contribution in [0.5, 0.6) is 5.75 Å². The Morgan fingerprint density at radius 2 is 1.84 bits per heavy atom. The molecule has 158 valence electrons. The van der Waals surface area contributed by atoms with Crippen LogP contribution < -0.4 is 10.1 Å². The first-order valence-corrected chi connectivity index (χ1v) is 10.1. The Morgan fingerprint density at radius 1 is 1.00 bits per heavy atom. The zero-order valence-electron chi connectivity index (χ0n) is 17.7. The van der Waals surface area contributed by atoms with Crippen molar-refractivity contribution in [3.63, 3.8) is 0 Å². The van der Waals surface area contributed by atoms with Crippen molar-refractivity contribution in [1.29, 1.82) is 0 Å². The maximum absolute atomic E-state index is 12.6. The number of aromatic nitrogens is 2. The number of benzene rings is 2. The summed E-state index contributed by atoms with van der Waals surface area (Å²) in [5.41, 5.74) is 5.52. The van der Waals surface area contributed by atoms with Crippen LogP contribution in [-0.4, -0.2) is 22.4 Å². The second kappa shape index (κ2) is 9.45. The highest BCUT2D eigenvalue weighted by atomic mass is 16.5. The van der Waals surface area contributed by atoms with Crippen LogP contribution in [0.15, 0.2) is 73.1 Å². The molecule has 2 heterocycles. The number of carbonyl (C=O) groups is 1. The van der Waals surface area contributed by atoms with E-state index < -0.39 is 0 Å². The van der Waals surface area contributed by atoms with Crippen molar-refractivity contribution >= 4 is 11.6 Å². The first-order chi connectivity index (χ1) is 15.1. The summed E-state index contributed by atoms with van der Waals surface area (Å²) in [6.45, 7) is 3.32. The Labute approximate surface area is 181 Å².